The zero-order valence-corrected chi connectivity index (χ0v) is 14.3. The van der Waals surface area contributed by atoms with E-state index in [1.54, 1.807) is 29.2 Å². The number of piperazine rings is 1. The van der Waals surface area contributed by atoms with Gasteiger partial charge in [-0.25, -0.2) is 0 Å². The van der Waals surface area contributed by atoms with Gasteiger partial charge in [-0.05, 0) is 35.4 Å². The Morgan fingerprint density at radius 1 is 0.958 bits per heavy atom. The molecular formula is C18H16Cl2N2O2. The van der Waals surface area contributed by atoms with E-state index >= 15 is 0 Å². The van der Waals surface area contributed by atoms with E-state index in [2.05, 4.69) is 5.32 Å². The van der Waals surface area contributed by atoms with Crippen LogP contribution >= 0.6 is 23.2 Å². The predicted octanol–water partition coefficient (Wildman–Crippen LogP) is 3.08. The van der Waals surface area contributed by atoms with Crippen LogP contribution in [0.2, 0.25) is 10.0 Å². The normalized spacial score (nSPS) is 14.6. The molecule has 2 amide bonds. The van der Waals surface area contributed by atoms with Crippen molar-refractivity contribution in [2.24, 2.45) is 0 Å². The summed E-state index contributed by atoms with van der Waals surface area (Å²) >= 11 is 11.9. The van der Waals surface area contributed by atoms with E-state index in [4.69, 9.17) is 23.2 Å². The van der Waals surface area contributed by atoms with Crippen LogP contribution in [0.25, 0.3) is 0 Å². The molecule has 2 aromatic rings. The van der Waals surface area contributed by atoms with Gasteiger partial charge in [0.1, 0.15) is 0 Å². The fourth-order valence-corrected chi connectivity index (χ4v) is 3.05. The standard InChI is InChI=1S/C18H16Cl2N2O2/c19-14-5-1-12(2-6-14)17(13-3-7-15(20)8-4-13)18(24)22-10-9-21-16(23)11-22/h1-8,17H,9-11H2,(H,21,23). The van der Waals surface area contributed by atoms with E-state index in [1.165, 1.54) is 0 Å². The van der Waals surface area contributed by atoms with Gasteiger partial charge in [-0.1, -0.05) is 47.5 Å². The Morgan fingerprint density at radius 2 is 1.46 bits per heavy atom. The van der Waals surface area contributed by atoms with Crippen molar-refractivity contribution >= 4 is 35.0 Å². The van der Waals surface area contributed by atoms with Gasteiger partial charge in [0.15, 0.2) is 0 Å². The van der Waals surface area contributed by atoms with Gasteiger partial charge in [-0.3, -0.25) is 9.59 Å². The average Bonchev–Trinajstić information content (AvgIpc) is 2.58. The van der Waals surface area contributed by atoms with Crippen LogP contribution in [0, 0.1) is 0 Å². The van der Waals surface area contributed by atoms with Gasteiger partial charge < -0.3 is 10.2 Å². The lowest BCUT2D eigenvalue weighted by molar-refractivity contribution is -0.138. The fourth-order valence-electron chi connectivity index (χ4n) is 2.80. The minimum atomic E-state index is -0.495. The number of halogens is 2. The summed E-state index contributed by atoms with van der Waals surface area (Å²) in [5.41, 5.74) is 1.66. The summed E-state index contributed by atoms with van der Waals surface area (Å²) in [6.45, 7) is 1.05. The molecule has 0 aliphatic carbocycles. The molecule has 0 bridgehead atoms. The van der Waals surface area contributed by atoms with Crippen molar-refractivity contribution in [2.75, 3.05) is 19.6 Å². The highest BCUT2D eigenvalue weighted by Crippen LogP contribution is 2.29. The summed E-state index contributed by atoms with van der Waals surface area (Å²) in [4.78, 5) is 26.3. The van der Waals surface area contributed by atoms with Crippen molar-refractivity contribution in [1.29, 1.82) is 0 Å². The molecule has 0 atom stereocenters. The first-order valence-corrected chi connectivity index (χ1v) is 8.36. The second kappa shape index (κ2) is 7.24. The monoisotopic (exact) mass is 362 g/mol. The van der Waals surface area contributed by atoms with E-state index in [0.29, 0.717) is 23.1 Å². The number of amides is 2. The number of carbonyl (C=O) groups excluding carboxylic acids is 2. The highest BCUT2D eigenvalue weighted by Gasteiger charge is 2.30. The number of benzene rings is 2. The van der Waals surface area contributed by atoms with E-state index < -0.39 is 5.92 Å². The Bertz CT molecular complexity index is 699. The predicted molar refractivity (Wildman–Crippen MR) is 94.3 cm³/mol. The van der Waals surface area contributed by atoms with Crippen LogP contribution in [0.4, 0.5) is 0 Å². The zero-order valence-electron chi connectivity index (χ0n) is 12.8. The maximum atomic E-state index is 13.1. The van der Waals surface area contributed by atoms with Crippen molar-refractivity contribution in [3.05, 3.63) is 69.7 Å². The third-order valence-corrected chi connectivity index (χ3v) is 4.51. The molecule has 124 valence electrons. The van der Waals surface area contributed by atoms with E-state index in [1.807, 2.05) is 24.3 Å². The lowest BCUT2D eigenvalue weighted by Gasteiger charge is -2.30. The summed E-state index contributed by atoms with van der Waals surface area (Å²) in [5.74, 6) is -0.736. The Balaban J connectivity index is 1.97. The Hall–Kier alpha value is -2.04. The maximum absolute atomic E-state index is 13.1. The van der Waals surface area contributed by atoms with E-state index in [9.17, 15) is 9.59 Å². The number of nitrogens with zero attached hydrogens (tertiary/aromatic N) is 1. The zero-order chi connectivity index (χ0) is 17.1. The molecule has 1 fully saturated rings. The Morgan fingerprint density at radius 3 is 1.92 bits per heavy atom. The third kappa shape index (κ3) is 3.71. The second-order valence-electron chi connectivity index (χ2n) is 5.65. The summed E-state index contributed by atoms with van der Waals surface area (Å²) in [7, 11) is 0. The largest absolute Gasteiger partial charge is 0.353 e. The molecule has 6 heteroatoms. The Labute approximate surface area is 150 Å². The third-order valence-electron chi connectivity index (χ3n) is 4.00. The van der Waals surface area contributed by atoms with Crippen LogP contribution in [0.15, 0.2) is 48.5 Å². The summed E-state index contributed by atoms with van der Waals surface area (Å²) in [6.07, 6.45) is 0. The summed E-state index contributed by atoms with van der Waals surface area (Å²) in [6, 6.07) is 14.4. The second-order valence-corrected chi connectivity index (χ2v) is 6.52. The first-order valence-electron chi connectivity index (χ1n) is 7.61. The molecule has 0 unspecified atom stereocenters. The van der Waals surface area contributed by atoms with Crippen LogP contribution in [0.5, 0.6) is 0 Å². The molecule has 1 aliphatic rings. The molecule has 0 aromatic heterocycles. The molecule has 1 aliphatic heterocycles. The van der Waals surface area contributed by atoms with Crippen molar-refractivity contribution in [2.45, 2.75) is 5.92 Å². The molecule has 1 heterocycles. The van der Waals surface area contributed by atoms with Gasteiger partial charge >= 0.3 is 0 Å². The molecule has 3 rings (SSSR count). The molecule has 0 radical (unpaired) electrons. The summed E-state index contributed by atoms with van der Waals surface area (Å²) in [5, 5.41) is 3.95. The smallest absolute Gasteiger partial charge is 0.239 e. The number of carbonyl (C=O) groups is 2. The maximum Gasteiger partial charge on any atom is 0.239 e. The lowest BCUT2D eigenvalue weighted by Crippen LogP contribution is -2.51. The van der Waals surface area contributed by atoms with Crippen LogP contribution in [0.3, 0.4) is 0 Å². The van der Waals surface area contributed by atoms with Gasteiger partial charge in [0.2, 0.25) is 11.8 Å². The van der Waals surface area contributed by atoms with Crippen molar-refractivity contribution in [3.8, 4) is 0 Å². The summed E-state index contributed by atoms with van der Waals surface area (Å²) < 4.78 is 0. The molecule has 1 saturated heterocycles. The van der Waals surface area contributed by atoms with Gasteiger partial charge in [0.25, 0.3) is 0 Å². The van der Waals surface area contributed by atoms with Gasteiger partial charge in [0.05, 0.1) is 12.5 Å². The van der Waals surface area contributed by atoms with Crippen molar-refractivity contribution < 1.29 is 9.59 Å². The molecule has 1 N–H and O–H groups in total. The quantitative estimate of drug-likeness (QED) is 0.911. The van der Waals surface area contributed by atoms with Crippen molar-refractivity contribution in [3.63, 3.8) is 0 Å². The minimum Gasteiger partial charge on any atom is -0.353 e. The number of nitrogens with one attached hydrogen (secondary N) is 1. The molecule has 0 saturated carbocycles. The minimum absolute atomic E-state index is 0.0799. The number of hydrogen-bond acceptors (Lipinski definition) is 2. The van der Waals surface area contributed by atoms with E-state index in [0.717, 1.165) is 11.1 Å². The van der Waals surface area contributed by atoms with Crippen molar-refractivity contribution in [1.82, 2.24) is 10.2 Å². The highest BCUT2D eigenvalue weighted by molar-refractivity contribution is 6.30. The van der Waals surface area contributed by atoms with Crippen LogP contribution in [-0.4, -0.2) is 36.3 Å². The van der Waals surface area contributed by atoms with Gasteiger partial charge in [0, 0.05) is 23.1 Å². The first kappa shape index (κ1) is 16.8. The van der Waals surface area contributed by atoms with Crippen LogP contribution in [-0.2, 0) is 9.59 Å². The number of hydrogen-bond donors (Lipinski definition) is 1. The lowest BCUT2D eigenvalue weighted by atomic mass is 9.90. The molecule has 2 aromatic carbocycles. The molecule has 24 heavy (non-hydrogen) atoms. The molecule has 0 spiro atoms. The first-order chi connectivity index (χ1) is 11.5. The average molecular weight is 363 g/mol. The highest BCUT2D eigenvalue weighted by atomic mass is 35.5. The molecular weight excluding hydrogens is 347 g/mol. The SMILES string of the molecule is O=C1CN(C(=O)C(c2ccc(Cl)cc2)c2ccc(Cl)cc2)CCN1. The fraction of sp³-hybridized carbons (Fsp3) is 0.222. The van der Waals surface area contributed by atoms with Gasteiger partial charge in [-0.2, -0.15) is 0 Å². The Kier molecular flexibility index (Phi) is 5.07. The topological polar surface area (TPSA) is 49.4 Å². The molecule has 4 nitrogen and oxygen atoms in total. The number of rotatable bonds is 3. The van der Waals surface area contributed by atoms with Crippen LogP contribution in [0.1, 0.15) is 17.0 Å². The van der Waals surface area contributed by atoms with Crippen LogP contribution < -0.4 is 5.32 Å². The van der Waals surface area contributed by atoms with E-state index in [-0.39, 0.29) is 18.4 Å². The van der Waals surface area contributed by atoms with Gasteiger partial charge in [-0.15, -0.1) is 0 Å².